The summed E-state index contributed by atoms with van der Waals surface area (Å²) in [7, 11) is 0. The van der Waals surface area contributed by atoms with E-state index in [-0.39, 0.29) is 5.41 Å². The summed E-state index contributed by atoms with van der Waals surface area (Å²) in [5, 5.41) is 12.9. The lowest BCUT2D eigenvalue weighted by molar-refractivity contribution is 0.0657. The fourth-order valence-corrected chi connectivity index (χ4v) is 3.31. The van der Waals surface area contributed by atoms with Crippen molar-refractivity contribution in [3.63, 3.8) is 0 Å². The zero-order valence-corrected chi connectivity index (χ0v) is 12.5. The summed E-state index contributed by atoms with van der Waals surface area (Å²) in [6.45, 7) is 10.9. The number of aliphatic hydroxyl groups excluding tert-OH is 1. The van der Waals surface area contributed by atoms with Crippen molar-refractivity contribution in [2.75, 3.05) is 46.0 Å². The molecule has 2 unspecified atom stereocenters. The van der Waals surface area contributed by atoms with Crippen molar-refractivity contribution >= 4 is 0 Å². The molecule has 19 heavy (non-hydrogen) atoms. The van der Waals surface area contributed by atoms with E-state index in [4.69, 9.17) is 4.74 Å². The molecule has 2 heterocycles. The Bertz CT molecular complexity index is 265. The maximum absolute atomic E-state index is 9.35. The van der Waals surface area contributed by atoms with Crippen molar-refractivity contribution < 1.29 is 9.84 Å². The average Bonchev–Trinajstić information content (AvgIpc) is 2.86. The van der Waals surface area contributed by atoms with Gasteiger partial charge in [0.25, 0.3) is 0 Å². The Morgan fingerprint density at radius 1 is 1.47 bits per heavy atom. The van der Waals surface area contributed by atoms with Crippen LogP contribution in [0.25, 0.3) is 0 Å². The third-order valence-corrected chi connectivity index (χ3v) is 4.49. The summed E-state index contributed by atoms with van der Waals surface area (Å²) >= 11 is 0. The van der Waals surface area contributed by atoms with Crippen molar-refractivity contribution in [1.82, 2.24) is 10.2 Å². The molecule has 4 nitrogen and oxygen atoms in total. The van der Waals surface area contributed by atoms with Gasteiger partial charge in [0.1, 0.15) is 0 Å². The van der Waals surface area contributed by atoms with E-state index in [1.807, 2.05) is 0 Å². The fraction of sp³-hybridized carbons (Fsp3) is 1.00. The van der Waals surface area contributed by atoms with Gasteiger partial charge in [0.05, 0.1) is 6.61 Å². The predicted octanol–water partition coefficient (Wildman–Crippen LogP) is 1.10. The van der Waals surface area contributed by atoms with E-state index in [0.29, 0.717) is 18.6 Å². The number of likely N-dealkylation sites (tertiary alicyclic amines) is 1. The Morgan fingerprint density at radius 2 is 2.32 bits per heavy atom. The summed E-state index contributed by atoms with van der Waals surface area (Å²) < 4.78 is 5.67. The topological polar surface area (TPSA) is 44.7 Å². The van der Waals surface area contributed by atoms with Crippen molar-refractivity contribution in [3.05, 3.63) is 0 Å². The molecular weight excluding hydrogens is 240 g/mol. The first-order valence-corrected chi connectivity index (χ1v) is 7.78. The number of nitrogens with zero attached hydrogens (tertiary/aromatic N) is 1. The van der Waals surface area contributed by atoms with Crippen molar-refractivity contribution in [3.8, 4) is 0 Å². The van der Waals surface area contributed by atoms with Crippen molar-refractivity contribution in [1.29, 1.82) is 0 Å². The monoisotopic (exact) mass is 270 g/mol. The highest BCUT2D eigenvalue weighted by atomic mass is 16.5. The second-order valence-corrected chi connectivity index (χ2v) is 6.76. The molecule has 0 aromatic rings. The maximum atomic E-state index is 9.35. The van der Waals surface area contributed by atoms with E-state index >= 15 is 0 Å². The Morgan fingerprint density at radius 3 is 2.95 bits per heavy atom. The van der Waals surface area contributed by atoms with Gasteiger partial charge < -0.3 is 20.1 Å². The molecule has 0 saturated carbocycles. The van der Waals surface area contributed by atoms with Crippen molar-refractivity contribution in [2.45, 2.75) is 39.2 Å². The number of ether oxygens (including phenoxy) is 1. The van der Waals surface area contributed by atoms with Gasteiger partial charge in [-0.2, -0.15) is 0 Å². The van der Waals surface area contributed by atoms with Gasteiger partial charge >= 0.3 is 0 Å². The molecule has 0 bridgehead atoms. The molecule has 2 rings (SSSR count). The minimum absolute atomic E-state index is 0.279. The molecule has 0 aromatic carbocycles. The first-order chi connectivity index (χ1) is 9.13. The van der Waals surface area contributed by atoms with Crippen LogP contribution >= 0.6 is 0 Å². The van der Waals surface area contributed by atoms with Crippen LogP contribution < -0.4 is 5.32 Å². The molecule has 4 heteroatoms. The second-order valence-electron chi connectivity index (χ2n) is 6.76. The van der Waals surface area contributed by atoms with Crippen LogP contribution in [0.4, 0.5) is 0 Å². The number of hydrogen-bond acceptors (Lipinski definition) is 4. The Hall–Kier alpha value is -0.160. The number of rotatable bonds is 6. The van der Waals surface area contributed by atoms with Gasteiger partial charge in [-0.25, -0.2) is 0 Å². The second kappa shape index (κ2) is 7.02. The van der Waals surface area contributed by atoms with Crippen LogP contribution in [0.15, 0.2) is 0 Å². The molecule has 2 atom stereocenters. The van der Waals surface area contributed by atoms with Gasteiger partial charge in [-0.1, -0.05) is 13.8 Å². The van der Waals surface area contributed by atoms with E-state index < -0.39 is 0 Å². The van der Waals surface area contributed by atoms with Gasteiger partial charge in [0.2, 0.25) is 0 Å². The first-order valence-electron chi connectivity index (χ1n) is 7.78. The third kappa shape index (κ3) is 4.42. The molecular formula is C15H30N2O2. The fourth-order valence-electron chi connectivity index (χ4n) is 3.31. The quantitative estimate of drug-likeness (QED) is 0.758. The van der Waals surface area contributed by atoms with E-state index in [1.165, 1.54) is 19.4 Å². The Labute approximate surface area is 117 Å². The maximum Gasteiger partial charge on any atom is 0.0547 e. The highest BCUT2D eigenvalue weighted by Crippen LogP contribution is 2.31. The van der Waals surface area contributed by atoms with Crippen LogP contribution in [0.3, 0.4) is 0 Å². The highest BCUT2D eigenvalue weighted by molar-refractivity contribution is 4.90. The molecule has 2 aliphatic rings. The molecule has 112 valence electrons. The largest absolute Gasteiger partial charge is 0.396 e. The average molecular weight is 270 g/mol. The van der Waals surface area contributed by atoms with E-state index in [0.717, 1.165) is 39.3 Å². The number of piperidine rings is 1. The summed E-state index contributed by atoms with van der Waals surface area (Å²) in [5.74, 6) is 0.478. The van der Waals surface area contributed by atoms with Gasteiger partial charge in [-0.3, -0.25) is 0 Å². The predicted molar refractivity (Wildman–Crippen MR) is 77.3 cm³/mol. The number of hydrogen-bond donors (Lipinski definition) is 2. The lowest BCUT2D eigenvalue weighted by atomic mass is 9.85. The molecule has 0 aliphatic carbocycles. The lowest BCUT2D eigenvalue weighted by Crippen LogP contribution is -2.49. The van der Waals surface area contributed by atoms with Gasteiger partial charge in [-0.15, -0.1) is 0 Å². The van der Waals surface area contributed by atoms with Gasteiger partial charge in [-0.05, 0) is 31.7 Å². The van der Waals surface area contributed by atoms with Crippen LogP contribution in [0.1, 0.15) is 33.1 Å². The molecule has 2 N–H and O–H groups in total. The minimum Gasteiger partial charge on any atom is -0.396 e. The lowest BCUT2D eigenvalue weighted by Gasteiger charge is -2.39. The molecule has 0 amide bonds. The van der Waals surface area contributed by atoms with Crippen LogP contribution in [-0.2, 0) is 4.74 Å². The minimum atomic E-state index is 0.279. The van der Waals surface area contributed by atoms with E-state index in [1.54, 1.807) is 0 Å². The summed E-state index contributed by atoms with van der Waals surface area (Å²) in [6, 6.07) is 0.532. The summed E-state index contributed by atoms with van der Waals surface area (Å²) in [5.41, 5.74) is 0.279. The molecule has 0 radical (unpaired) electrons. The van der Waals surface area contributed by atoms with Crippen LogP contribution in [0.5, 0.6) is 0 Å². The van der Waals surface area contributed by atoms with Crippen LogP contribution in [-0.4, -0.2) is 62.0 Å². The molecule has 0 aromatic heterocycles. The van der Waals surface area contributed by atoms with Crippen LogP contribution in [0.2, 0.25) is 0 Å². The number of nitrogens with one attached hydrogen (secondary N) is 1. The molecule has 2 fully saturated rings. The SMILES string of the molecule is CC(C)NCC1(CN2CCCC(CO)C2)CCOC1. The molecule has 0 spiro atoms. The molecule has 2 saturated heterocycles. The Kier molecular flexibility index (Phi) is 5.63. The Balaban J connectivity index is 1.88. The van der Waals surface area contributed by atoms with Gasteiger partial charge in [0, 0.05) is 44.3 Å². The summed E-state index contributed by atoms with van der Waals surface area (Å²) in [4.78, 5) is 2.54. The summed E-state index contributed by atoms with van der Waals surface area (Å²) in [6.07, 6.45) is 3.56. The number of aliphatic hydroxyl groups is 1. The zero-order valence-electron chi connectivity index (χ0n) is 12.5. The standard InChI is InChI=1S/C15H30N2O2/c1-13(2)16-10-15(5-7-19-12-15)11-17-6-3-4-14(8-17)9-18/h13-14,16,18H,3-12H2,1-2H3. The van der Waals surface area contributed by atoms with E-state index in [9.17, 15) is 5.11 Å². The smallest absolute Gasteiger partial charge is 0.0547 e. The molecule has 2 aliphatic heterocycles. The highest BCUT2D eigenvalue weighted by Gasteiger charge is 2.37. The van der Waals surface area contributed by atoms with Crippen LogP contribution in [0, 0.1) is 11.3 Å². The first kappa shape index (κ1) is 15.2. The normalized spacial score (nSPS) is 33.2. The zero-order chi connectivity index (χ0) is 13.7. The van der Waals surface area contributed by atoms with E-state index in [2.05, 4.69) is 24.1 Å². The third-order valence-electron chi connectivity index (χ3n) is 4.49. The van der Waals surface area contributed by atoms with Gasteiger partial charge in [0.15, 0.2) is 0 Å². The van der Waals surface area contributed by atoms with Crippen molar-refractivity contribution in [2.24, 2.45) is 11.3 Å².